The van der Waals surface area contributed by atoms with Crippen LogP contribution in [0.15, 0.2) is 0 Å². The predicted octanol–water partition coefficient (Wildman–Crippen LogP) is -1.16. The smallest absolute Gasteiger partial charge is 0.264 e. The first-order chi connectivity index (χ1) is 8.40. The topological polar surface area (TPSA) is 90.0 Å². The normalized spacial score (nSPS) is 18.8. The molecule has 1 aliphatic heterocycles. The highest BCUT2D eigenvalue weighted by Gasteiger charge is 2.18. The number of carbonyl (C=O) groups is 1. The van der Waals surface area contributed by atoms with Gasteiger partial charge < -0.3 is 9.62 Å². The van der Waals surface area contributed by atoms with Gasteiger partial charge in [0.1, 0.15) is 0 Å². The Labute approximate surface area is 113 Å². The highest BCUT2D eigenvalue weighted by atomic mass is 32.2. The van der Waals surface area contributed by atoms with Crippen LogP contribution in [-0.2, 0) is 14.9 Å². The summed E-state index contributed by atoms with van der Waals surface area (Å²) in [5.74, 6) is -0.326. The fourth-order valence-electron chi connectivity index (χ4n) is 1.88. The first kappa shape index (κ1) is 15.7. The summed E-state index contributed by atoms with van der Waals surface area (Å²) in [5.41, 5.74) is 0. The molecule has 18 heavy (non-hydrogen) atoms. The van der Waals surface area contributed by atoms with E-state index in [-0.39, 0.29) is 11.7 Å². The maximum atomic E-state index is 11.1. The molecule has 0 radical (unpaired) electrons. The van der Waals surface area contributed by atoms with Crippen molar-refractivity contribution in [2.24, 2.45) is 0 Å². The van der Waals surface area contributed by atoms with Crippen molar-refractivity contribution in [3.05, 3.63) is 0 Å². The van der Waals surface area contributed by atoms with E-state index in [2.05, 4.69) is 22.4 Å². The highest BCUT2D eigenvalue weighted by Crippen LogP contribution is 2.03. The minimum atomic E-state index is -3.85. The quantitative estimate of drug-likeness (QED) is 0.423. The van der Waals surface area contributed by atoms with Crippen LogP contribution in [0.3, 0.4) is 0 Å². The standard InChI is InChI=1S/C9H19N3O4S2/c13-9(10-17)8-12-5-3-11(4-6-12)2-1-7-18(14,15)16/h17H,1-8H2,(H,10,13)(H,14,15,16). The van der Waals surface area contributed by atoms with Crippen molar-refractivity contribution in [2.45, 2.75) is 6.42 Å². The van der Waals surface area contributed by atoms with E-state index in [9.17, 15) is 13.2 Å². The van der Waals surface area contributed by atoms with Gasteiger partial charge >= 0.3 is 0 Å². The van der Waals surface area contributed by atoms with Crippen LogP contribution in [0.4, 0.5) is 0 Å². The number of thiol groups is 1. The van der Waals surface area contributed by atoms with E-state index in [0.29, 0.717) is 19.5 Å². The molecule has 7 nitrogen and oxygen atoms in total. The highest BCUT2D eigenvalue weighted by molar-refractivity contribution is 7.85. The molecule has 0 atom stereocenters. The molecule has 106 valence electrons. The van der Waals surface area contributed by atoms with E-state index in [4.69, 9.17) is 4.55 Å². The second-order valence-electron chi connectivity index (χ2n) is 4.29. The Balaban J connectivity index is 2.17. The first-order valence-electron chi connectivity index (χ1n) is 5.73. The number of nitrogens with zero attached hydrogens (tertiary/aromatic N) is 2. The van der Waals surface area contributed by atoms with Crippen molar-refractivity contribution in [3.8, 4) is 0 Å². The van der Waals surface area contributed by atoms with Gasteiger partial charge in [0.2, 0.25) is 5.91 Å². The van der Waals surface area contributed by atoms with E-state index in [0.717, 1.165) is 26.2 Å². The largest absolute Gasteiger partial charge is 0.302 e. The fraction of sp³-hybridized carbons (Fsp3) is 0.889. The number of nitrogens with one attached hydrogen (secondary N) is 1. The van der Waals surface area contributed by atoms with Crippen LogP contribution in [-0.4, -0.2) is 73.7 Å². The Morgan fingerprint density at radius 3 is 2.28 bits per heavy atom. The third-order valence-corrected chi connectivity index (χ3v) is 3.89. The van der Waals surface area contributed by atoms with E-state index < -0.39 is 10.1 Å². The molecule has 0 aromatic heterocycles. The van der Waals surface area contributed by atoms with Crippen LogP contribution in [0.25, 0.3) is 0 Å². The maximum Gasteiger partial charge on any atom is 0.264 e. The lowest BCUT2D eigenvalue weighted by atomic mass is 10.3. The Kier molecular flexibility index (Phi) is 6.36. The van der Waals surface area contributed by atoms with Gasteiger partial charge in [-0.15, -0.1) is 0 Å². The van der Waals surface area contributed by atoms with Crippen LogP contribution in [0.2, 0.25) is 0 Å². The van der Waals surface area contributed by atoms with Gasteiger partial charge in [-0.3, -0.25) is 14.2 Å². The Hall–Kier alpha value is -0.350. The molecule has 0 aliphatic carbocycles. The minimum Gasteiger partial charge on any atom is -0.302 e. The van der Waals surface area contributed by atoms with Gasteiger partial charge in [0.05, 0.1) is 12.3 Å². The summed E-state index contributed by atoms with van der Waals surface area (Å²) in [7, 11) is -3.85. The van der Waals surface area contributed by atoms with Gasteiger partial charge in [-0.1, -0.05) is 12.8 Å². The third kappa shape index (κ3) is 6.55. The second-order valence-corrected chi connectivity index (χ2v) is 6.09. The van der Waals surface area contributed by atoms with Crippen molar-refractivity contribution in [1.29, 1.82) is 0 Å². The monoisotopic (exact) mass is 297 g/mol. The molecule has 0 unspecified atom stereocenters. The van der Waals surface area contributed by atoms with E-state index in [1.165, 1.54) is 0 Å². The summed E-state index contributed by atoms with van der Waals surface area (Å²) in [6, 6.07) is 0. The zero-order valence-electron chi connectivity index (χ0n) is 10.1. The average molecular weight is 297 g/mol. The number of hydrogen-bond acceptors (Lipinski definition) is 6. The predicted molar refractivity (Wildman–Crippen MR) is 71.0 cm³/mol. The summed E-state index contributed by atoms with van der Waals surface area (Å²) in [6.45, 7) is 4.12. The summed E-state index contributed by atoms with van der Waals surface area (Å²) in [6.07, 6.45) is 0.427. The average Bonchev–Trinajstić information content (AvgIpc) is 2.29. The second kappa shape index (κ2) is 7.29. The first-order valence-corrected chi connectivity index (χ1v) is 7.79. The van der Waals surface area contributed by atoms with Crippen LogP contribution >= 0.6 is 12.8 Å². The zero-order valence-corrected chi connectivity index (χ0v) is 11.8. The van der Waals surface area contributed by atoms with Crippen molar-refractivity contribution in [2.75, 3.05) is 45.0 Å². The SMILES string of the molecule is O=C(CN1CCN(CCCS(=O)(=O)O)CC1)NS. The zero-order chi connectivity index (χ0) is 13.6. The summed E-state index contributed by atoms with van der Waals surface area (Å²) >= 11 is 3.69. The summed E-state index contributed by atoms with van der Waals surface area (Å²) < 4.78 is 32.0. The maximum absolute atomic E-state index is 11.1. The van der Waals surface area contributed by atoms with Crippen LogP contribution in [0, 0.1) is 0 Å². The number of rotatable bonds is 6. The molecule has 1 rings (SSSR count). The van der Waals surface area contributed by atoms with Crippen molar-refractivity contribution < 1.29 is 17.8 Å². The molecule has 0 bridgehead atoms. The lowest BCUT2D eigenvalue weighted by molar-refractivity contribution is -0.120. The van der Waals surface area contributed by atoms with Crippen molar-refractivity contribution >= 4 is 28.8 Å². The van der Waals surface area contributed by atoms with Gasteiger partial charge in [-0.25, -0.2) is 0 Å². The lowest BCUT2D eigenvalue weighted by Crippen LogP contribution is -2.49. The Bertz CT molecular complexity index is 366. The fourth-order valence-corrected chi connectivity index (χ4v) is 2.44. The van der Waals surface area contributed by atoms with Crippen molar-refractivity contribution in [3.63, 3.8) is 0 Å². The van der Waals surface area contributed by atoms with Gasteiger partial charge in [0, 0.05) is 26.2 Å². The van der Waals surface area contributed by atoms with Gasteiger partial charge in [-0.2, -0.15) is 8.42 Å². The van der Waals surface area contributed by atoms with E-state index in [1.807, 2.05) is 4.90 Å². The van der Waals surface area contributed by atoms with E-state index >= 15 is 0 Å². The lowest BCUT2D eigenvalue weighted by Gasteiger charge is -2.34. The number of carbonyl (C=O) groups excluding carboxylic acids is 1. The number of piperazine rings is 1. The Morgan fingerprint density at radius 1 is 1.22 bits per heavy atom. The van der Waals surface area contributed by atoms with Gasteiger partial charge in [-0.05, 0) is 13.0 Å². The molecule has 2 N–H and O–H groups in total. The third-order valence-electron chi connectivity index (χ3n) is 2.83. The molecule has 0 spiro atoms. The molecule has 0 saturated carbocycles. The molecule has 1 saturated heterocycles. The van der Waals surface area contributed by atoms with Crippen molar-refractivity contribution in [1.82, 2.24) is 14.5 Å². The van der Waals surface area contributed by atoms with Gasteiger partial charge in [0.15, 0.2) is 0 Å². The Morgan fingerprint density at radius 2 is 1.78 bits per heavy atom. The summed E-state index contributed by atoms with van der Waals surface area (Å²) in [4.78, 5) is 15.3. The van der Waals surface area contributed by atoms with Crippen LogP contribution < -0.4 is 4.72 Å². The summed E-state index contributed by atoms with van der Waals surface area (Å²) in [5, 5.41) is 0. The van der Waals surface area contributed by atoms with Gasteiger partial charge in [0.25, 0.3) is 10.1 Å². The van der Waals surface area contributed by atoms with Crippen LogP contribution in [0.5, 0.6) is 0 Å². The number of amides is 1. The number of hydrogen-bond donors (Lipinski definition) is 3. The molecular weight excluding hydrogens is 278 g/mol. The van der Waals surface area contributed by atoms with Crippen LogP contribution in [0.1, 0.15) is 6.42 Å². The molecule has 0 aromatic carbocycles. The molecule has 1 heterocycles. The van der Waals surface area contributed by atoms with E-state index in [1.54, 1.807) is 0 Å². The molecular formula is C9H19N3O4S2. The molecule has 9 heteroatoms. The molecule has 0 aromatic rings. The molecule has 1 fully saturated rings. The minimum absolute atomic E-state index is 0.127. The molecule has 1 amide bonds. The molecule has 1 aliphatic rings.